The number of nitrogens with zero attached hydrogens (tertiary/aromatic N) is 1. The molecule has 0 amide bonds. The van der Waals surface area contributed by atoms with Crippen LogP contribution < -0.4 is 11.2 Å². The summed E-state index contributed by atoms with van der Waals surface area (Å²) in [5.41, 5.74) is 7.53. The smallest absolute Gasteiger partial charge is 0.206 e. The van der Waals surface area contributed by atoms with Crippen LogP contribution in [-0.4, -0.2) is 12.2 Å². The first kappa shape index (κ1) is 10.0. The van der Waals surface area contributed by atoms with Crippen molar-refractivity contribution in [2.75, 3.05) is 0 Å². The van der Waals surface area contributed by atoms with E-state index in [4.69, 9.17) is 11.1 Å². The van der Waals surface area contributed by atoms with Gasteiger partial charge in [0.1, 0.15) is 0 Å². The van der Waals surface area contributed by atoms with Crippen LogP contribution in [0.5, 0.6) is 0 Å². The molecule has 0 aromatic rings. The molecule has 0 aliphatic heterocycles. The number of rotatable bonds is 2. The Kier molecular flexibility index (Phi) is 3.73. The molecule has 0 heterocycles. The lowest BCUT2D eigenvalue weighted by Crippen LogP contribution is -2.26. The fourth-order valence-corrected chi connectivity index (χ4v) is 1.83. The quantitative estimate of drug-likeness (QED) is 0.342. The molecule has 4 N–H and O–H groups in total. The topological polar surface area (TPSA) is 74.3 Å². The van der Waals surface area contributed by atoms with Crippen molar-refractivity contribution in [3.8, 4) is 0 Å². The maximum absolute atomic E-state index is 6.90. The first-order valence-corrected chi connectivity index (χ1v) is 4.81. The number of hydrogen-bond donors (Lipinski definition) is 3. The number of guanidine groups is 1. The molecule has 1 saturated carbocycles. The predicted molar refractivity (Wildman–Crippen MR) is 54.7 cm³/mol. The van der Waals surface area contributed by atoms with Gasteiger partial charge in [-0.25, -0.2) is 5.43 Å². The van der Waals surface area contributed by atoms with Gasteiger partial charge in [0.15, 0.2) is 0 Å². The van der Waals surface area contributed by atoms with Crippen LogP contribution in [0.4, 0.5) is 0 Å². The van der Waals surface area contributed by atoms with Crippen molar-refractivity contribution in [3.05, 3.63) is 0 Å². The zero-order valence-corrected chi connectivity index (χ0v) is 8.09. The average Bonchev–Trinajstić information content (AvgIpc) is 2.03. The molecule has 74 valence electrons. The first-order valence-electron chi connectivity index (χ1n) is 4.81. The average molecular weight is 182 g/mol. The van der Waals surface area contributed by atoms with Gasteiger partial charge in [-0.1, -0.05) is 19.8 Å². The van der Waals surface area contributed by atoms with Crippen molar-refractivity contribution >= 4 is 12.2 Å². The van der Waals surface area contributed by atoms with Crippen molar-refractivity contribution < 1.29 is 0 Å². The maximum atomic E-state index is 6.90. The SMILES string of the molecule is CC1CCCC(/C=N/NC(=N)N)C1. The first-order chi connectivity index (χ1) is 6.18. The second kappa shape index (κ2) is 4.84. The van der Waals surface area contributed by atoms with Crippen LogP contribution in [-0.2, 0) is 0 Å². The Morgan fingerprint density at radius 3 is 3.00 bits per heavy atom. The predicted octanol–water partition coefficient (Wildman–Crippen LogP) is 1.28. The summed E-state index contributed by atoms with van der Waals surface area (Å²) in [6.45, 7) is 2.28. The maximum Gasteiger partial charge on any atom is 0.206 e. The molecule has 1 aliphatic carbocycles. The molecule has 1 fully saturated rings. The van der Waals surface area contributed by atoms with Gasteiger partial charge in [-0.2, -0.15) is 5.10 Å². The summed E-state index contributed by atoms with van der Waals surface area (Å²) in [6.07, 6.45) is 6.94. The summed E-state index contributed by atoms with van der Waals surface area (Å²) in [7, 11) is 0. The third kappa shape index (κ3) is 3.92. The molecule has 1 aliphatic rings. The number of nitrogens with two attached hydrogens (primary N) is 1. The Morgan fingerprint density at radius 1 is 1.62 bits per heavy atom. The summed E-state index contributed by atoms with van der Waals surface area (Å²) in [5.74, 6) is 1.28. The highest BCUT2D eigenvalue weighted by Gasteiger charge is 2.16. The van der Waals surface area contributed by atoms with Gasteiger partial charge in [-0.15, -0.1) is 0 Å². The van der Waals surface area contributed by atoms with E-state index < -0.39 is 0 Å². The summed E-state index contributed by atoms with van der Waals surface area (Å²) in [6, 6.07) is 0. The second-order valence-corrected chi connectivity index (χ2v) is 3.84. The highest BCUT2D eigenvalue weighted by Crippen LogP contribution is 2.26. The third-order valence-corrected chi connectivity index (χ3v) is 2.45. The second-order valence-electron chi connectivity index (χ2n) is 3.84. The normalized spacial score (nSPS) is 29.0. The van der Waals surface area contributed by atoms with E-state index in [9.17, 15) is 0 Å². The molecule has 4 heteroatoms. The van der Waals surface area contributed by atoms with E-state index in [1.807, 2.05) is 6.21 Å². The van der Waals surface area contributed by atoms with Crippen LogP contribution in [0.3, 0.4) is 0 Å². The fraction of sp³-hybridized carbons (Fsp3) is 0.778. The van der Waals surface area contributed by atoms with Gasteiger partial charge >= 0.3 is 0 Å². The molecular formula is C9H18N4. The molecule has 0 aromatic heterocycles. The van der Waals surface area contributed by atoms with E-state index in [1.165, 1.54) is 25.7 Å². The summed E-state index contributed by atoms with van der Waals surface area (Å²) >= 11 is 0. The Morgan fingerprint density at radius 2 is 2.38 bits per heavy atom. The monoisotopic (exact) mass is 182 g/mol. The van der Waals surface area contributed by atoms with Gasteiger partial charge in [-0.3, -0.25) is 5.41 Å². The molecule has 0 bridgehead atoms. The number of hydrogen-bond acceptors (Lipinski definition) is 2. The standard InChI is InChI=1S/C9H18N4/c1-7-3-2-4-8(5-7)6-12-13-9(10)11/h6-8H,2-5H2,1H3,(H4,10,11,13)/b12-6+. The van der Waals surface area contributed by atoms with Gasteiger partial charge in [-0.05, 0) is 24.7 Å². The van der Waals surface area contributed by atoms with Crippen molar-refractivity contribution in [2.24, 2.45) is 22.7 Å². The van der Waals surface area contributed by atoms with Gasteiger partial charge in [0.25, 0.3) is 0 Å². The summed E-state index contributed by atoms with van der Waals surface area (Å²) < 4.78 is 0. The molecule has 0 aromatic carbocycles. The van der Waals surface area contributed by atoms with Gasteiger partial charge < -0.3 is 5.73 Å². The van der Waals surface area contributed by atoms with Crippen molar-refractivity contribution in [1.29, 1.82) is 5.41 Å². The van der Waals surface area contributed by atoms with E-state index in [-0.39, 0.29) is 5.96 Å². The van der Waals surface area contributed by atoms with Crippen molar-refractivity contribution in [2.45, 2.75) is 32.6 Å². The Balaban J connectivity index is 2.27. The number of nitrogens with one attached hydrogen (secondary N) is 2. The Labute approximate surface area is 79.1 Å². The highest BCUT2D eigenvalue weighted by molar-refractivity contribution is 5.75. The van der Waals surface area contributed by atoms with E-state index in [1.54, 1.807) is 0 Å². The van der Waals surface area contributed by atoms with Crippen LogP contribution in [0.25, 0.3) is 0 Å². The van der Waals surface area contributed by atoms with Gasteiger partial charge in [0.2, 0.25) is 5.96 Å². The summed E-state index contributed by atoms with van der Waals surface area (Å²) in [4.78, 5) is 0. The minimum absolute atomic E-state index is 0.0971. The van der Waals surface area contributed by atoms with Crippen molar-refractivity contribution in [3.63, 3.8) is 0 Å². The van der Waals surface area contributed by atoms with E-state index in [2.05, 4.69) is 17.5 Å². The van der Waals surface area contributed by atoms with Crippen LogP contribution in [0.2, 0.25) is 0 Å². The largest absolute Gasteiger partial charge is 0.369 e. The molecule has 2 atom stereocenters. The number of hydrazone groups is 1. The molecule has 4 nitrogen and oxygen atoms in total. The molecular weight excluding hydrogens is 164 g/mol. The van der Waals surface area contributed by atoms with Crippen LogP contribution in [0, 0.1) is 17.2 Å². The lowest BCUT2D eigenvalue weighted by atomic mass is 9.83. The van der Waals surface area contributed by atoms with E-state index in [0.29, 0.717) is 5.92 Å². The van der Waals surface area contributed by atoms with Crippen LogP contribution >= 0.6 is 0 Å². The zero-order valence-electron chi connectivity index (χ0n) is 8.09. The Hall–Kier alpha value is -1.06. The highest BCUT2D eigenvalue weighted by atomic mass is 15.3. The lowest BCUT2D eigenvalue weighted by Gasteiger charge is -2.23. The molecule has 0 saturated heterocycles. The molecule has 2 unspecified atom stereocenters. The minimum Gasteiger partial charge on any atom is -0.369 e. The fourth-order valence-electron chi connectivity index (χ4n) is 1.83. The lowest BCUT2D eigenvalue weighted by molar-refractivity contribution is 0.343. The summed E-state index contributed by atoms with van der Waals surface area (Å²) in [5, 5.41) is 10.8. The molecule has 1 rings (SSSR count). The molecule has 0 radical (unpaired) electrons. The van der Waals surface area contributed by atoms with Crippen LogP contribution in [0.15, 0.2) is 5.10 Å². The van der Waals surface area contributed by atoms with Gasteiger partial charge in [0, 0.05) is 6.21 Å². The van der Waals surface area contributed by atoms with E-state index in [0.717, 1.165) is 5.92 Å². The third-order valence-electron chi connectivity index (χ3n) is 2.45. The van der Waals surface area contributed by atoms with Gasteiger partial charge in [0.05, 0.1) is 0 Å². The van der Waals surface area contributed by atoms with Crippen LogP contribution in [0.1, 0.15) is 32.6 Å². The zero-order chi connectivity index (χ0) is 9.68. The molecule has 0 spiro atoms. The Bertz CT molecular complexity index is 200. The molecule has 13 heavy (non-hydrogen) atoms. The minimum atomic E-state index is -0.0971. The van der Waals surface area contributed by atoms with E-state index >= 15 is 0 Å². The van der Waals surface area contributed by atoms with Crippen molar-refractivity contribution in [1.82, 2.24) is 5.43 Å².